The van der Waals surface area contributed by atoms with Crippen LogP contribution in [-0.2, 0) is 0 Å². The highest BCUT2D eigenvalue weighted by Gasteiger charge is 2.04. The van der Waals surface area contributed by atoms with Crippen molar-refractivity contribution in [2.24, 2.45) is 4.99 Å². The molecule has 3 aromatic carbocycles. The van der Waals surface area contributed by atoms with E-state index < -0.39 is 0 Å². The number of hydrogen-bond acceptors (Lipinski definition) is 3. The maximum atomic E-state index is 4.91. The molecule has 0 aliphatic heterocycles. The van der Waals surface area contributed by atoms with Gasteiger partial charge in [-0.3, -0.25) is 0 Å². The molecule has 0 amide bonds. The molecule has 28 heavy (non-hydrogen) atoms. The molecule has 0 saturated carbocycles. The van der Waals surface area contributed by atoms with Crippen molar-refractivity contribution in [2.45, 2.75) is 0 Å². The maximum absolute atomic E-state index is 4.91. The average molecular weight is 383 g/mol. The molecule has 0 aliphatic rings. The Kier molecular flexibility index (Phi) is 5.36. The number of rotatable bonds is 4. The quantitative estimate of drug-likeness (QED) is 0.400. The standard InChI is InChI=1S/C25H22N2S/c1-27(2)23-15-13-22(14-16-23)26-25-18-21(19-9-5-3-6-10-19)17-24(28-25)20-11-7-4-8-12-20/h3-18H,1-2H3. The first kappa shape index (κ1) is 18.2. The zero-order chi connectivity index (χ0) is 19.3. The molecule has 1 heterocycles. The van der Waals surface area contributed by atoms with Crippen LogP contribution in [0, 0.1) is 0 Å². The van der Waals surface area contributed by atoms with Crippen molar-refractivity contribution >= 4 is 22.7 Å². The van der Waals surface area contributed by atoms with Crippen molar-refractivity contribution in [3.63, 3.8) is 0 Å². The number of benzene rings is 3. The van der Waals surface area contributed by atoms with Gasteiger partial charge in [-0.1, -0.05) is 60.7 Å². The molecular formula is C25H22N2S. The lowest BCUT2D eigenvalue weighted by molar-refractivity contribution is 1.13. The second kappa shape index (κ2) is 8.24. The van der Waals surface area contributed by atoms with E-state index in [4.69, 9.17) is 4.99 Å². The van der Waals surface area contributed by atoms with E-state index in [0.29, 0.717) is 0 Å². The van der Waals surface area contributed by atoms with E-state index in [1.54, 1.807) is 11.3 Å². The number of nitrogens with zero attached hydrogens (tertiary/aromatic N) is 2. The molecule has 0 unspecified atom stereocenters. The average Bonchev–Trinajstić information content (AvgIpc) is 2.75. The Bertz CT molecular complexity index is 1050. The second-order valence-electron chi connectivity index (χ2n) is 6.80. The van der Waals surface area contributed by atoms with Crippen molar-refractivity contribution in [3.8, 4) is 21.6 Å². The van der Waals surface area contributed by atoms with Crippen LogP contribution in [0.25, 0.3) is 21.6 Å². The Balaban J connectivity index is 1.84. The summed E-state index contributed by atoms with van der Waals surface area (Å²) in [5.41, 5.74) is 5.73. The van der Waals surface area contributed by atoms with E-state index in [-0.39, 0.29) is 0 Å². The zero-order valence-electron chi connectivity index (χ0n) is 16.0. The first-order chi connectivity index (χ1) is 13.7. The fourth-order valence-electron chi connectivity index (χ4n) is 3.04. The zero-order valence-corrected chi connectivity index (χ0v) is 16.9. The summed E-state index contributed by atoms with van der Waals surface area (Å²) in [4.78, 5) is 8.22. The molecule has 3 heteroatoms. The van der Waals surface area contributed by atoms with E-state index in [0.717, 1.165) is 10.4 Å². The molecule has 4 rings (SSSR count). The van der Waals surface area contributed by atoms with Gasteiger partial charge in [0.2, 0.25) is 0 Å². The molecule has 4 aromatic rings. The summed E-state index contributed by atoms with van der Waals surface area (Å²) in [6.45, 7) is 0. The van der Waals surface area contributed by atoms with Crippen molar-refractivity contribution in [3.05, 3.63) is 102 Å². The molecule has 0 atom stereocenters. The smallest absolute Gasteiger partial charge is 0.117 e. The van der Waals surface area contributed by atoms with Crippen LogP contribution in [0.5, 0.6) is 0 Å². The first-order valence-corrected chi connectivity index (χ1v) is 10.1. The summed E-state index contributed by atoms with van der Waals surface area (Å²) in [6.07, 6.45) is 0. The Morgan fingerprint density at radius 1 is 0.643 bits per heavy atom. The minimum atomic E-state index is 0.964. The highest BCUT2D eigenvalue weighted by atomic mass is 32.1. The van der Waals surface area contributed by atoms with Crippen LogP contribution < -0.4 is 9.57 Å². The van der Waals surface area contributed by atoms with Crippen molar-refractivity contribution in [2.75, 3.05) is 19.0 Å². The van der Waals surface area contributed by atoms with Gasteiger partial charge in [0.05, 0.1) is 5.69 Å². The van der Waals surface area contributed by atoms with E-state index in [2.05, 4.69) is 89.8 Å². The van der Waals surface area contributed by atoms with Crippen LogP contribution >= 0.6 is 11.3 Å². The third kappa shape index (κ3) is 4.21. The van der Waals surface area contributed by atoms with Crippen LogP contribution in [0.1, 0.15) is 0 Å². The lowest BCUT2D eigenvalue weighted by Gasteiger charge is -2.11. The maximum Gasteiger partial charge on any atom is 0.117 e. The minimum Gasteiger partial charge on any atom is -0.378 e. The summed E-state index contributed by atoms with van der Waals surface area (Å²) in [7, 11) is 4.09. The summed E-state index contributed by atoms with van der Waals surface area (Å²) < 4.78 is 0.998. The molecule has 2 nitrogen and oxygen atoms in total. The highest BCUT2D eigenvalue weighted by molar-refractivity contribution is 7.12. The van der Waals surface area contributed by atoms with Crippen LogP contribution in [0.15, 0.2) is 102 Å². The largest absolute Gasteiger partial charge is 0.378 e. The topological polar surface area (TPSA) is 15.6 Å². The van der Waals surface area contributed by atoms with Gasteiger partial charge in [-0.25, -0.2) is 4.99 Å². The van der Waals surface area contributed by atoms with Gasteiger partial charge in [0.25, 0.3) is 0 Å². The third-order valence-electron chi connectivity index (χ3n) is 4.55. The molecule has 138 valence electrons. The van der Waals surface area contributed by atoms with E-state index in [1.165, 1.54) is 27.3 Å². The molecule has 0 aliphatic carbocycles. The van der Waals surface area contributed by atoms with Gasteiger partial charge < -0.3 is 4.90 Å². The lowest BCUT2D eigenvalue weighted by atomic mass is 10.1. The molecule has 0 radical (unpaired) electrons. The van der Waals surface area contributed by atoms with Gasteiger partial charge in [-0.05, 0) is 53.1 Å². The normalized spacial score (nSPS) is 11.4. The summed E-state index contributed by atoms with van der Waals surface area (Å²) in [5, 5.41) is 0. The Labute approximate surface area is 170 Å². The lowest BCUT2D eigenvalue weighted by Crippen LogP contribution is -2.07. The fourth-order valence-corrected chi connectivity index (χ4v) is 4.04. The first-order valence-electron chi connectivity index (χ1n) is 9.27. The van der Waals surface area contributed by atoms with Gasteiger partial charge in [0, 0.05) is 24.7 Å². The second-order valence-corrected chi connectivity index (χ2v) is 7.87. The molecule has 0 N–H and O–H groups in total. The number of anilines is 1. The Morgan fingerprint density at radius 3 is 1.86 bits per heavy atom. The van der Waals surface area contributed by atoms with Crippen LogP contribution in [0.3, 0.4) is 0 Å². The molecule has 0 bridgehead atoms. The van der Waals surface area contributed by atoms with Crippen LogP contribution in [-0.4, -0.2) is 14.1 Å². The van der Waals surface area contributed by atoms with Gasteiger partial charge in [0.15, 0.2) is 0 Å². The Morgan fingerprint density at radius 2 is 1.25 bits per heavy atom. The summed E-state index contributed by atoms with van der Waals surface area (Å²) in [5.74, 6) is 0. The SMILES string of the molecule is CN(C)c1ccc(N=c2cc(-c3ccccc3)cc(-c3ccccc3)s2)cc1. The van der Waals surface area contributed by atoms with Crippen LogP contribution in [0.4, 0.5) is 11.4 Å². The molecule has 1 aromatic heterocycles. The predicted molar refractivity (Wildman–Crippen MR) is 121 cm³/mol. The minimum absolute atomic E-state index is 0.964. The van der Waals surface area contributed by atoms with E-state index in [1.807, 2.05) is 26.2 Å². The van der Waals surface area contributed by atoms with Crippen molar-refractivity contribution in [1.82, 2.24) is 0 Å². The molecule has 0 spiro atoms. The third-order valence-corrected chi connectivity index (χ3v) is 5.54. The van der Waals surface area contributed by atoms with E-state index in [9.17, 15) is 0 Å². The van der Waals surface area contributed by atoms with Gasteiger partial charge in [-0.2, -0.15) is 0 Å². The summed E-state index contributed by atoms with van der Waals surface area (Å²) >= 11 is 1.71. The monoisotopic (exact) mass is 382 g/mol. The summed E-state index contributed by atoms with van der Waals surface area (Å²) in [6, 6.07) is 33.7. The molecule has 0 saturated heterocycles. The van der Waals surface area contributed by atoms with Gasteiger partial charge in [-0.15, -0.1) is 11.3 Å². The Hall–Kier alpha value is -3.17. The van der Waals surface area contributed by atoms with E-state index >= 15 is 0 Å². The predicted octanol–water partition coefficient (Wildman–Crippen LogP) is 6.38. The highest BCUT2D eigenvalue weighted by Crippen LogP contribution is 2.28. The van der Waals surface area contributed by atoms with Crippen LogP contribution in [0.2, 0.25) is 0 Å². The van der Waals surface area contributed by atoms with Gasteiger partial charge >= 0.3 is 0 Å². The van der Waals surface area contributed by atoms with Gasteiger partial charge in [0.1, 0.15) is 4.67 Å². The number of hydrogen-bond donors (Lipinski definition) is 0. The van der Waals surface area contributed by atoms with Crippen molar-refractivity contribution < 1.29 is 0 Å². The molecule has 0 fully saturated rings. The van der Waals surface area contributed by atoms with Crippen molar-refractivity contribution in [1.29, 1.82) is 0 Å². The fraction of sp³-hybridized carbons (Fsp3) is 0.0800. The molecular weight excluding hydrogens is 360 g/mol.